The Kier molecular flexibility index (Phi) is 5.00. The molecule has 28 heavy (non-hydrogen) atoms. The minimum Gasteiger partial charge on any atom is -0.496 e. The number of hydrogen-bond donors (Lipinski definition) is 1. The molecule has 0 unspecified atom stereocenters. The van der Waals surface area contributed by atoms with Gasteiger partial charge in [-0.25, -0.2) is 0 Å². The monoisotopic (exact) mass is 402 g/mol. The smallest absolute Gasteiger partial charge is 0.255 e. The molecule has 2 aromatic carbocycles. The predicted molar refractivity (Wildman–Crippen MR) is 104 cm³/mol. The molecule has 1 saturated heterocycles. The van der Waals surface area contributed by atoms with Gasteiger partial charge in [0.2, 0.25) is 5.91 Å². The number of carbonyl (C=O) groups is 2. The first kappa shape index (κ1) is 18.4. The maximum atomic E-state index is 12.7. The number of rotatable bonds is 4. The average Bonchev–Trinajstić information content (AvgIpc) is 3.07. The zero-order valence-corrected chi connectivity index (χ0v) is 16.0. The van der Waals surface area contributed by atoms with Gasteiger partial charge in [-0.2, -0.15) is 0 Å². The van der Waals surface area contributed by atoms with Gasteiger partial charge in [0, 0.05) is 29.7 Å². The Bertz CT molecular complexity index is 933. The minimum absolute atomic E-state index is 0.0694. The fourth-order valence-corrected chi connectivity index (χ4v) is 3.55. The summed E-state index contributed by atoms with van der Waals surface area (Å²) in [5, 5.41) is 3.33. The third kappa shape index (κ3) is 3.57. The highest BCUT2D eigenvalue weighted by Crippen LogP contribution is 2.35. The molecule has 0 spiro atoms. The summed E-state index contributed by atoms with van der Waals surface area (Å²) in [6, 6.07) is 9.91. The molecule has 7 nitrogen and oxygen atoms in total. The van der Waals surface area contributed by atoms with Crippen molar-refractivity contribution in [2.75, 3.05) is 31.8 Å². The molecule has 0 aliphatic carbocycles. The predicted octanol–water partition coefficient (Wildman–Crippen LogP) is 2.66. The number of amides is 2. The topological polar surface area (TPSA) is 77.1 Å². The lowest BCUT2D eigenvalue weighted by atomic mass is 10.1. The van der Waals surface area contributed by atoms with E-state index in [4.69, 9.17) is 25.8 Å². The van der Waals surface area contributed by atoms with Crippen LogP contribution >= 0.6 is 11.6 Å². The van der Waals surface area contributed by atoms with E-state index in [2.05, 4.69) is 5.32 Å². The lowest BCUT2D eigenvalue weighted by Crippen LogP contribution is -2.37. The summed E-state index contributed by atoms with van der Waals surface area (Å²) in [4.78, 5) is 26.8. The molecule has 4 rings (SSSR count). The molecule has 2 amide bonds. The fourth-order valence-electron chi connectivity index (χ4n) is 3.37. The number of anilines is 1. The molecule has 0 radical (unpaired) electrons. The van der Waals surface area contributed by atoms with E-state index in [0.29, 0.717) is 53.3 Å². The summed E-state index contributed by atoms with van der Waals surface area (Å²) < 4.78 is 16.3. The molecule has 2 aromatic rings. The molecule has 2 aliphatic heterocycles. The van der Waals surface area contributed by atoms with Gasteiger partial charge in [-0.1, -0.05) is 11.6 Å². The van der Waals surface area contributed by atoms with Crippen LogP contribution < -0.4 is 24.4 Å². The van der Waals surface area contributed by atoms with Crippen LogP contribution in [-0.2, 0) is 4.79 Å². The molecule has 2 aliphatic rings. The maximum absolute atomic E-state index is 12.7. The van der Waals surface area contributed by atoms with Crippen molar-refractivity contribution >= 4 is 29.1 Å². The van der Waals surface area contributed by atoms with Gasteiger partial charge in [-0.15, -0.1) is 0 Å². The zero-order chi connectivity index (χ0) is 19.7. The molecule has 2 heterocycles. The van der Waals surface area contributed by atoms with E-state index in [1.165, 1.54) is 7.11 Å². The van der Waals surface area contributed by atoms with Crippen LogP contribution in [0.4, 0.5) is 5.69 Å². The van der Waals surface area contributed by atoms with Gasteiger partial charge in [-0.05, 0) is 30.3 Å². The molecule has 146 valence electrons. The van der Waals surface area contributed by atoms with Crippen LogP contribution in [0.1, 0.15) is 16.8 Å². The van der Waals surface area contributed by atoms with E-state index in [-0.39, 0.29) is 24.3 Å². The number of halogens is 1. The van der Waals surface area contributed by atoms with Crippen molar-refractivity contribution in [3.63, 3.8) is 0 Å². The Morgan fingerprint density at radius 3 is 2.75 bits per heavy atom. The Morgan fingerprint density at radius 2 is 1.96 bits per heavy atom. The molecular weight excluding hydrogens is 384 g/mol. The van der Waals surface area contributed by atoms with Crippen molar-refractivity contribution in [1.29, 1.82) is 0 Å². The minimum atomic E-state index is -0.332. The molecule has 1 atom stereocenters. The highest BCUT2D eigenvalue weighted by Gasteiger charge is 2.33. The van der Waals surface area contributed by atoms with E-state index >= 15 is 0 Å². The van der Waals surface area contributed by atoms with Gasteiger partial charge in [0.15, 0.2) is 11.5 Å². The summed E-state index contributed by atoms with van der Waals surface area (Å²) in [6.45, 7) is 1.35. The van der Waals surface area contributed by atoms with E-state index in [1.54, 1.807) is 35.2 Å². The van der Waals surface area contributed by atoms with Gasteiger partial charge >= 0.3 is 0 Å². The van der Waals surface area contributed by atoms with E-state index in [1.807, 2.05) is 6.07 Å². The molecule has 0 aromatic heterocycles. The number of benzene rings is 2. The SMILES string of the molecule is COc1ccc(Cl)cc1C(=O)N[C@H]1CC(=O)N(c2ccc3c(c2)OCCO3)C1. The number of carbonyl (C=O) groups excluding carboxylic acids is 2. The zero-order valence-electron chi connectivity index (χ0n) is 15.2. The van der Waals surface area contributed by atoms with Crippen molar-refractivity contribution in [1.82, 2.24) is 5.32 Å². The summed E-state index contributed by atoms with van der Waals surface area (Å²) >= 11 is 6.00. The molecular formula is C20H19ClN2O5. The highest BCUT2D eigenvalue weighted by molar-refractivity contribution is 6.31. The van der Waals surface area contributed by atoms with Crippen molar-refractivity contribution < 1.29 is 23.8 Å². The van der Waals surface area contributed by atoms with Gasteiger partial charge in [0.25, 0.3) is 5.91 Å². The van der Waals surface area contributed by atoms with Crippen LogP contribution in [0.15, 0.2) is 36.4 Å². The highest BCUT2D eigenvalue weighted by atomic mass is 35.5. The summed E-state index contributed by atoms with van der Waals surface area (Å²) in [7, 11) is 1.49. The largest absolute Gasteiger partial charge is 0.496 e. The number of nitrogens with zero attached hydrogens (tertiary/aromatic N) is 1. The van der Waals surface area contributed by atoms with Crippen LogP contribution in [0.2, 0.25) is 5.02 Å². The van der Waals surface area contributed by atoms with Gasteiger partial charge in [0.05, 0.1) is 18.7 Å². The molecule has 0 bridgehead atoms. The van der Waals surface area contributed by atoms with Crippen LogP contribution in [-0.4, -0.2) is 44.7 Å². The van der Waals surface area contributed by atoms with Crippen LogP contribution in [0.25, 0.3) is 0 Å². The van der Waals surface area contributed by atoms with Crippen LogP contribution in [0.5, 0.6) is 17.2 Å². The van der Waals surface area contributed by atoms with Crippen molar-refractivity contribution in [3.8, 4) is 17.2 Å². The first-order valence-electron chi connectivity index (χ1n) is 8.89. The second-order valence-electron chi connectivity index (χ2n) is 6.55. The Balaban J connectivity index is 1.48. The molecule has 8 heteroatoms. The van der Waals surface area contributed by atoms with E-state index in [0.717, 1.165) is 0 Å². The Hall–Kier alpha value is -2.93. The van der Waals surface area contributed by atoms with Crippen molar-refractivity contribution in [3.05, 3.63) is 47.0 Å². The lowest BCUT2D eigenvalue weighted by molar-refractivity contribution is -0.117. The van der Waals surface area contributed by atoms with Crippen LogP contribution in [0, 0.1) is 0 Å². The number of methoxy groups -OCH3 is 1. The lowest BCUT2D eigenvalue weighted by Gasteiger charge is -2.22. The number of nitrogens with one attached hydrogen (secondary N) is 1. The fraction of sp³-hybridized carbons (Fsp3) is 0.300. The normalized spacial score (nSPS) is 18.1. The summed E-state index contributed by atoms with van der Waals surface area (Å²) in [5.41, 5.74) is 1.05. The number of ether oxygens (including phenoxy) is 3. The average molecular weight is 403 g/mol. The molecule has 1 fully saturated rings. The van der Waals surface area contributed by atoms with E-state index < -0.39 is 0 Å². The second kappa shape index (κ2) is 7.59. The quantitative estimate of drug-likeness (QED) is 0.850. The van der Waals surface area contributed by atoms with Crippen molar-refractivity contribution in [2.45, 2.75) is 12.5 Å². The number of hydrogen-bond acceptors (Lipinski definition) is 5. The second-order valence-corrected chi connectivity index (χ2v) is 6.99. The molecule has 1 N–H and O–H groups in total. The Morgan fingerprint density at radius 1 is 1.18 bits per heavy atom. The third-order valence-electron chi connectivity index (χ3n) is 4.70. The van der Waals surface area contributed by atoms with Crippen molar-refractivity contribution in [2.24, 2.45) is 0 Å². The van der Waals surface area contributed by atoms with E-state index in [9.17, 15) is 9.59 Å². The number of fused-ring (bicyclic) bond motifs is 1. The van der Waals surface area contributed by atoms with Gasteiger partial charge in [0.1, 0.15) is 19.0 Å². The maximum Gasteiger partial charge on any atom is 0.255 e. The summed E-state index contributed by atoms with van der Waals surface area (Å²) in [5.74, 6) is 1.31. The van der Waals surface area contributed by atoms with Gasteiger partial charge in [-0.3, -0.25) is 9.59 Å². The summed E-state index contributed by atoms with van der Waals surface area (Å²) in [6.07, 6.45) is 0.211. The standard InChI is InChI=1S/C20H19ClN2O5/c1-26-16-4-2-12(21)8-15(16)20(25)22-13-9-19(24)23(11-13)14-3-5-17-18(10-14)28-7-6-27-17/h2-5,8,10,13H,6-7,9,11H2,1H3,(H,22,25)/t13-/m0/s1. The third-order valence-corrected chi connectivity index (χ3v) is 4.94. The first-order valence-corrected chi connectivity index (χ1v) is 9.27. The van der Waals surface area contributed by atoms with Crippen LogP contribution in [0.3, 0.4) is 0 Å². The Labute approximate surface area is 167 Å². The first-order chi connectivity index (χ1) is 13.5. The molecule has 0 saturated carbocycles. The van der Waals surface area contributed by atoms with Gasteiger partial charge < -0.3 is 24.4 Å².